The van der Waals surface area contributed by atoms with Crippen LogP contribution in [-0.4, -0.2) is 11.9 Å². The lowest BCUT2D eigenvalue weighted by atomic mass is 10.1. The maximum Gasteiger partial charge on any atom is 0.221 e. The molecular weight excluding hydrogens is 224 g/mol. The minimum Gasteiger partial charge on any atom is -0.382 e. The Kier molecular flexibility index (Phi) is 4.24. The molecule has 1 aliphatic rings. The van der Waals surface area contributed by atoms with Gasteiger partial charge < -0.3 is 10.6 Å². The van der Waals surface area contributed by atoms with Crippen LogP contribution in [0, 0.1) is 5.92 Å². The normalized spacial score (nSPS) is 16.1. The number of hydrogen-bond acceptors (Lipinski definition) is 2. The summed E-state index contributed by atoms with van der Waals surface area (Å²) in [5, 5.41) is 6.42. The van der Waals surface area contributed by atoms with E-state index in [1.54, 1.807) is 0 Å². The number of benzene rings is 1. The first-order chi connectivity index (χ1) is 8.69. The van der Waals surface area contributed by atoms with Gasteiger partial charge in [-0.3, -0.25) is 4.79 Å². The molecule has 2 N–H and O–H groups in total. The maximum absolute atomic E-state index is 11.0. The molecule has 1 atom stereocenters. The second-order valence-electron chi connectivity index (χ2n) is 5.14. The third-order valence-electron chi connectivity index (χ3n) is 3.33. The van der Waals surface area contributed by atoms with Gasteiger partial charge >= 0.3 is 0 Å². The van der Waals surface area contributed by atoms with E-state index in [0.29, 0.717) is 6.04 Å². The van der Waals surface area contributed by atoms with Crippen molar-refractivity contribution < 1.29 is 4.79 Å². The van der Waals surface area contributed by atoms with Crippen LogP contribution in [0.3, 0.4) is 0 Å². The van der Waals surface area contributed by atoms with Crippen LogP contribution in [0.4, 0.5) is 11.4 Å². The molecule has 0 aromatic heterocycles. The molecule has 0 radical (unpaired) electrons. The van der Waals surface area contributed by atoms with Gasteiger partial charge in [-0.05, 0) is 43.4 Å². The second-order valence-corrected chi connectivity index (χ2v) is 5.14. The molecule has 18 heavy (non-hydrogen) atoms. The van der Waals surface area contributed by atoms with Gasteiger partial charge in [0.1, 0.15) is 0 Å². The summed E-state index contributed by atoms with van der Waals surface area (Å²) in [4.78, 5) is 11.0. The van der Waals surface area contributed by atoms with Crippen molar-refractivity contribution in [2.45, 2.75) is 45.6 Å². The van der Waals surface area contributed by atoms with Gasteiger partial charge in [-0.2, -0.15) is 0 Å². The Hall–Kier alpha value is -1.51. The predicted molar refractivity (Wildman–Crippen MR) is 75.8 cm³/mol. The Labute approximate surface area is 109 Å². The van der Waals surface area contributed by atoms with E-state index in [4.69, 9.17) is 0 Å². The summed E-state index contributed by atoms with van der Waals surface area (Å²) in [6.45, 7) is 3.76. The number of amides is 1. The van der Waals surface area contributed by atoms with Crippen molar-refractivity contribution in [2.75, 3.05) is 10.6 Å². The fourth-order valence-corrected chi connectivity index (χ4v) is 2.34. The first-order valence-corrected chi connectivity index (χ1v) is 6.83. The molecule has 3 nitrogen and oxygen atoms in total. The van der Waals surface area contributed by atoms with E-state index in [1.807, 2.05) is 18.2 Å². The third kappa shape index (κ3) is 3.76. The highest BCUT2D eigenvalue weighted by Crippen LogP contribution is 2.36. The molecule has 1 aromatic carbocycles. The van der Waals surface area contributed by atoms with Crippen LogP contribution in [-0.2, 0) is 4.79 Å². The number of nitrogens with one attached hydrogen (secondary N) is 2. The summed E-state index contributed by atoms with van der Waals surface area (Å²) in [5.74, 6) is 0.814. The number of anilines is 2. The van der Waals surface area contributed by atoms with E-state index in [9.17, 15) is 4.79 Å². The van der Waals surface area contributed by atoms with E-state index in [-0.39, 0.29) is 5.91 Å². The summed E-state index contributed by atoms with van der Waals surface area (Å²) in [5.41, 5.74) is 1.96. The SMILES string of the molecule is CCCC(Nc1cccc(NC(C)=O)c1)C1CC1. The molecule has 98 valence electrons. The molecule has 1 amide bonds. The topological polar surface area (TPSA) is 41.1 Å². The Morgan fingerprint density at radius 3 is 2.72 bits per heavy atom. The third-order valence-corrected chi connectivity index (χ3v) is 3.33. The Morgan fingerprint density at radius 2 is 2.11 bits per heavy atom. The van der Waals surface area contributed by atoms with E-state index in [2.05, 4.69) is 23.6 Å². The molecular formula is C15H22N2O. The van der Waals surface area contributed by atoms with Crippen LogP contribution in [0.15, 0.2) is 24.3 Å². The number of rotatable bonds is 6. The summed E-state index contributed by atoms with van der Waals surface area (Å²) < 4.78 is 0. The molecule has 1 unspecified atom stereocenters. The first-order valence-electron chi connectivity index (χ1n) is 6.83. The van der Waals surface area contributed by atoms with Crippen LogP contribution in [0.5, 0.6) is 0 Å². The Bertz CT molecular complexity index is 413. The monoisotopic (exact) mass is 246 g/mol. The lowest BCUT2D eigenvalue weighted by Crippen LogP contribution is -2.21. The maximum atomic E-state index is 11.0. The average Bonchev–Trinajstić information content (AvgIpc) is 3.12. The van der Waals surface area contributed by atoms with Crippen molar-refractivity contribution in [2.24, 2.45) is 5.92 Å². The summed E-state index contributed by atoms with van der Waals surface area (Å²) >= 11 is 0. The zero-order valence-corrected chi connectivity index (χ0v) is 11.2. The minimum absolute atomic E-state index is 0.0283. The molecule has 1 aliphatic carbocycles. The van der Waals surface area contributed by atoms with Crippen LogP contribution in [0.2, 0.25) is 0 Å². The zero-order chi connectivity index (χ0) is 13.0. The molecule has 0 bridgehead atoms. The molecule has 0 spiro atoms. The molecule has 0 aliphatic heterocycles. The first kappa shape index (κ1) is 12.9. The average molecular weight is 246 g/mol. The van der Waals surface area contributed by atoms with Gasteiger partial charge in [-0.15, -0.1) is 0 Å². The second kappa shape index (κ2) is 5.89. The van der Waals surface area contributed by atoms with Gasteiger partial charge in [0.05, 0.1) is 0 Å². The highest BCUT2D eigenvalue weighted by molar-refractivity contribution is 5.89. The predicted octanol–water partition coefficient (Wildman–Crippen LogP) is 3.64. The van der Waals surface area contributed by atoms with Gasteiger partial charge in [-0.1, -0.05) is 19.4 Å². The minimum atomic E-state index is -0.0283. The standard InChI is InChI=1S/C15H22N2O/c1-3-5-15(12-8-9-12)17-14-7-4-6-13(10-14)16-11(2)18/h4,6-7,10,12,15,17H,3,5,8-9H2,1-2H3,(H,16,18). The molecule has 1 saturated carbocycles. The van der Waals surface area contributed by atoms with Crippen LogP contribution in [0.25, 0.3) is 0 Å². The van der Waals surface area contributed by atoms with E-state index in [0.717, 1.165) is 17.3 Å². The zero-order valence-electron chi connectivity index (χ0n) is 11.2. The van der Waals surface area contributed by atoms with Crippen molar-refractivity contribution in [3.8, 4) is 0 Å². The van der Waals surface area contributed by atoms with Crippen LogP contribution in [0.1, 0.15) is 39.5 Å². The summed E-state index contributed by atoms with van der Waals surface area (Å²) in [7, 11) is 0. The van der Waals surface area contributed by atoms with Gasteiger partial charge in [0, 0.05) is 24.3 Å². The van der Waals surface area contributed by atoms with Gasteiger partial charge in [0.15, 0.2) is 0 Å². The van der Waals surface area contributed by atoms with Crippen LogP contribution < -0.4 is 10.6 Å². The molecule has 1 aromatic rings. The van der Waals surface area contributed by atoms with Crippen molar-refractivity contribution in [3.63, 3.8) is 0 Å². The van der Waals surface area contributed by atoms with Crippen molar-refractivity contribution in [3.05, 3.63) is 24.3 Å². The lowest BCUT2D eigenvalue weighted by molar-refractivity contribution is -0.114. The van der Waals surface area contributed by atoms with Crippen molar-refractivity contribution in [1.29, 1.82) is 0 Å². The Balaban J connectivity index is 2.00. The fraction of sp³-hybridized carbons (Fsp3) is 0.533. The van der Waals surface area contributed by atoms with Gasteiger partial charge in [0.2, 0.25) is 5.91 Å². The highest BCUT2D eigenvalue weighted by atomic mass is 16.1. The highest BCUT2D eigenvalue weighted by Gasteiger charge is 2.30. The number of carbonyl (C=O) groups is 1. The van der Waals surface area contributed by atoms with Crippen LogP contribution >= 0.6 is 0 Å². The fourth-order valence-electron chi connectivity index (χ4n) is 2.34. The van der Waals surface area contributed by atoms with Gasteiger partial charge in [-0.25, -0.2) is 0 Å². The summed E-state index contributed by atoms with van der Waals surface area (Å²) in [6, 6.07) is 8.55. The molecule has 3 heteroatoms. The lowest BCUT2D eigenvalue weighted by Gasteiger charge is -2.19. The number of hydrogen-bond donors (Lipinski definition) is 2. The quantitative estimate of drug-likeness (QED) is 0.804. The Morgan fingerprint density at radius 1 is 1.39 bits per heavy atom. The smallest absolute Gasteiger partial charge is 0.221 e. The van der Waals surface area contributed by atoms with E-state index in [1.165, 1.54) is 32.6 Å². The van der Waals surface area contributed by atoms with Crippen molar-refractivity contribution in [1.82, 2.24) is 0 Å². The molecule has 0 saturated heterocycles. The van der Waals surface area contributed by atoms with Gasteiger partial charge in [0.25, 0.3) is 0 Å². The van der Waals surface area contributed by atoms with E-state index >= 15 is 0 Å². The molecule has 2 rings (SSSR count). The largest absolute Gasteiger partial charge is 0.382 e. The van der Waals surface area contributed by atoms with Crippen molar-refractivity contribution >= 4 is 17.3 Å². The summed E-state index contributed by atoms with van der Waals surface area (Å²) in [6.07, 6.45) is 5.13. The van der Waals surface area contributed by atoms with E-state index < -0.39 is 0 Å². The molecule has 0 heterocycles. The molecule has 1 fully saturated rings. The number of carbonyl (C=O) groups excluding carboxylic acids is 1.